The lowest BCUT2D eigenvalue weighted by molar-refractivity contribution is -0.119. The average molecular weight is 605 g/mol. The van der Waals surface area contributed by atoms with Crippen LogP contribution in [0.4, 0.5) is 9.59 Å². The molecular formula is C35H56O8. The van der Waals surface area contributed by atoms with Crippen LogP contribution >= 0.6 is 0 Å². The fourth-order valence-electron chi connectivity index (χ4n) is 9.51. The monoisotopic (exact) mass is 604 g/mol. The van der Waals surface area contributed by atoms with E-state index in [1.54, 1.807) is 7.11 Å². The van der Waals surface area contributed by atoms with Gasteiger partial charge < -0.3 is 28.4 Å². The van der Waals surface area contributed by atoms with E-state index in [0.717, 1.165) is 25.7 Å². The van der Waals surface area contributed by atoms with Crippen molar-refractivity contribution in [3.63, 3.8) is 0 Å². The highest BCUT2D eigenvalue weighted by Gasteiger charge is 2.60. The highest BCUT2D eigenvalue weighted by atomic mass is 16.7. The van der Waals surface area contributed by atoms with E-state index in [2.05, 4.69) is 53.7 Å². The van der Waals surface area contributed by atoms with Crippen molar-refractivity contribution in [3.05, 3.63) is 23.3 Å². The van der Waals surface area contributed by atoms with Crippen molar-refractivity contribution in [2.45, 2.75) is 117 Å². The molecule has 8 heteroatoms. The highest BCUT2D eigenvalue weighted by molar-refractivity contribution is 5.61. The molecule has 0 aromatic heterocycles. The van der Waals surface area contributed by atoms with Crippen molar-refractivity contribution in [2.75, 3.05) is 28.1 Å². The van der Waals surface area contributed by atoms with Crippen LogP contribution in [0.1, 0.15) is 99.3 Å². The lowest BCUT2D eigenvalue weighted by Gasteiger charge is -2.57. The number of hydrogen-bond donors (Lipinski definition) is 0. The Balaban J connectivity index is 1.56. The Morgan fingerprint density at radius 2 is 1.70 bits per heavy atom. The smallest absolute Gasteiger partial charge is 0.438 e. The molecule has 0 radical (unpaired) electrons. The van der Waals surface area contributed by atoms with Crippen LogP contribution in [0.2, 0.25) is 0 Å². The summed E-state index contributed by atoms with van der Waals surface area (Å²) in [6.07, 6.45) is 11.3. The van der Waals surface area contributed by atoms with Crippen molar-refractivity contribution in [1.29, 1.82) is 0 Å². The molecule has 0 saturated heterocycles. The van der Waals surface area contributed by atoms with Gasteiger partial charge in [0.15, 0.2) is 0 Å². The van der Waals surface area contributed by atoms with Gasteiger partial charge in [-0.3, -0.25) is 0 Å². The van der Waals surface area contributed by atoms with Gasteiger partial charge in [0, 0.05) is 25.4 Å². The minimum Gasteiger partial charge on any atom is -0.438 e. The Bertz CT molecular complexity index is 1060. The summed E-state index contributed by atoms with van der Waals surface area (Å²) in [5.74, 6) is 2.72. The summed E-state index contributed by atoms with van der Waals surface area (Å²) in [6, 6.07) is 0. The Morgan fingerprint density at radius 1 is 1.00 bits per heavy atom. The standard InChI is InChI=1S/C35H56O8/c1-10-23(15-17-33(3,4)41-21-38-7)22(2)27-13-14-28-26-12-11-24-19-25(42-31(36)39-8)20-30(43-32(37)40-9)35(24,6)29(26)16-18-34(27,28)5/h11-12,22-23,25,27-30H,10,13-21H2,1-9H3/t22-,23-,25+,27+,28-,29?,30-,34+,35-/m0/s1. The minimum atomic E-state index is -0.714. The Kier molecular flexibility index (Phi) is 10.6. The molecule has 0 N–H and O–H groups in total. The zero-order chi connectivity index (χ0) is 31.6. The maximum absolute atomic E-state index is 12.4. The third kappa shape index (κ3) is 6.66. The van der Waals surface area contributed by atoms with Gasteiger partial charge in [-0.15, -0.1) is 0 Å². The normalized spacial score (nSPS) is 34.9. The molecule has 244 valence electrons. The number of methoxy groups -OCH3 is 3. The van der Waals surface area contributed by atoms with Gasteiger partial charge in [-0.1, -0.05) is 57.4 Å². The maximum atomic E-state index is 12.4. The van der Waals surface area contributed by atoms with Gasteiger partial charge in [0.25, 0.3) is 0 Å². The largest absolute Gasteiger partial charge is 0.508 e. The second kappa shape index (κ2) is 13.5. The van der Waals surface area contributed by atoms with Crippen LogP contribution in [0.3, 0.4) is 0 Å². The van der Waals surface area contributed by atoms with E-state index in [-0.39, 0.29) is 22.3 Å². The van der Waals surface area contributed by atoms with Gasteiger partial charge in [0.1, 0.15) is 19.0 Å². The minimum absolute atomic E-state index is 0.195. The van der Waals surface area contributed by atoms with Crippen molar-refractivity contribution in [2.24, 2.45) is 40.4 Å². The highest BCUT2D eigenvalue weighted by Crippen LogP contribution is 2.67. The lowest BCUT2D eigenvalue weighted by Crippen LogP contribution is -2.54. The summed E-state index contributed by atoms with van der Waals surface area (Å²) in [5, 5.41) is 0. The van der Waals surface area contributed by atoms with Crippen LogP contribution in [0, 0.1) is 40.4 Å². The molecule has 0 amide bonds. The molecule has 0 aromatic carbocycles. The first-order valence-corrected chi connectivity index (χ1v) is 16.4. The zero-order valence-electron chi connectivity index (χ0n) is 28.0. The number of carbonyl (C=O) groups is 2. The second-order valence-corrected chi connectivity index (χ2v) is 14.5. The molecule has 4 aliphatic rings. The van der Waals surface area contributed by atoms with Crippen LogP contribution in [0.5, 0.6) is 0 Å². The van der Waals surface area contributed by atoms with E-state index in [1.807, 2.05) is 0 Å². The Morgan fingerprint density at radius 3 is 2.35 bits per heavy atom. The summed E-state index contributed by atoms with van der Waals surface area (Å²) in [6.45, 7) is 14.3. The number of hydrogen-bond acceptors (Lipinski definition) is 8. The molecule has 43 heavy (non-hydrogen) atoms. The molecule has 4 aliphatic carbocycles. The Labute approximate surface area is 259 Å². The summed E-state index contributed by atoms with van der Waals surface area (Å²) < 4.78 is 32.3. The third-order valence-electron chi connectivity index (χ3n) is 12.1. The molecule has 0 aliphatic heterocycles. The number of rotatable bonds is 11. The predicted molar refractivity (Wildman–Crippen MR) is 164 cm³/mol. The number of ether oxygens (including phenoxy) is 6. The molecule has 8 nitrogen and oxygen atoms in total. The van der Waals surface area contributed by atoms with E-state index < -0.39 is 24.5 Å². The van der Waals surface area contributed by atoms with Gasteiger partial charge in [-0.05, 0) is 87.4 Å². The molecule has 0 bridgehead atoms. The topological polar surface area (TPSA) is 89.5 Å². The van der Waals surface area contributed by atoms with E-state index in [0.29, 0.717) is 43.3 Å². The van der Waals surface area contributed by atoms with Crippen molar-refractivity contribution in [3.8, 4) is 0 Å². The van der Waals surface area contributed by atoms with E-state index >= 15 is 0 Å². The Hall–Kier alpha value is -2.06. The van der Waals surface area contributed by atoms with Gasteiger partial charge in [0.2, 0.25) is 0 Å². The van der Waals surface area contributed by atoms with E-state index in [9.17, 15) is 9.59 Å². The molecule has 4 rings (SSSR count). The fraction of sp³-hybridized carbons (Fsp3) is 0.829. The molecule has 0 spiro atoms. The van der Waals surface area contributed by atoms with Gasteiger partial charge in [-0.2, -0.15) is 0 Å². The molecule has 9 atom stereocenters. The fourth-order valence-corrected chi connectivity index (χ4v) is 9.51. The van der Waals surface area contributed by atoms with Gasteiger partial charge in [-0.25, -0.2) is 9.59 Å². The molecule has 0 aromatic rings. The summed E-state index contributed by atoms with van der Waals surface area (Å²) >= 11 is 0. The van der Waals surface area contributed by atoms with E-state index in [4.69, 9.17) is 28.4 Å². The van der Waals surface area contributed by atoms with Crippen LogP contribution in [-0.2, 0) is 28.4 Å². The molecule has 3 fully saturated rings. The molecule has 1 unspecified atom stereocenters. The third-order valence-corrected chi connectivity index (χ3v) is 12.1. The van der Waals surface area contributed by atoms with Crippen LogP contribution < -0.4 is 0 Å². The summed E-state index contributed by atoms with van der Waals surface area (Å²) in [7, 11) is 4.32. The molecule has 0 heterocycles. The quantitative estimate of drug-likeness (QED) is 0.172. The van der Waals surface area contributed by atoms with Gasteiger partial charge in [0.05, 0.1) is 19.8 Å². The van der Waals surface area contributed by atoms with Crippen LogP contribution in [0.15, 0.2) is 23.3 Å². The molecule has 3 saturated carbocycles. The van der Waals surface area contributed by atoms with Crippen molar-refractivity contribution in [1.82, 2.24) is 0 Å². The lowest BCUT2D eigenvalue weighted by atomic mass is 9.49. The van der Waals surface area contributed by atoms with E-state index in [1.165, 1.54) is 44.6 Å². The number of carbonyl (C=O) groups excluding carboxylic acids is 2. The average Bonchev–Trinajstić information content (AvgIpc) is 3.33. The number of allylic oxidation sites excluding steroid dienone is 3. The molecular weight excluding hydrogens is 548 g/mol. The first-order chi connectivity index (χ1) is 20.3. The van der Waals surface area contributed by atoms with Crippen molar-refractivity contribution < 1.29 is 38.0 Å². The van der Waals surface area contributed by atoms with Gasteiger partial charge >= 0.3 is 12.3 Å². The number of fused-ring (bicyclic) bond motifs is 5. The van der Waals surface area contributed by atoms with Crippen LogP contribution in [-0.4, -0.2) is 58.2 Å². The second-order valence-electron chi connectivity index (χ2n) is 14.5. The summed E-state index contributed by atoms with van der Waals surface area (Å²) in [4.78, 5) is 24.4. The van der Waals surface area contributed by atoms with Crippen LogP contribution in [0.25, 0.3) is 0 Å². The summed E-state index contributed by atoms with van der Waals surface area (Å²) in [5.41, 5.74) is 2.36. The predicted octanol–water partition coefficient (Wildman–Crippen LogP) is 8.24. The zero-order valence-corrected chi connectivity index (χ0v) is 28.0. The maximum Gasteiger partial charge on any atom is 0.508 e. The first-order valence-electron chi connectivity index (χ1n) is 16.4. The SMILES string of the molecule is CC[C@@H](CCC(C)(C)OCOC)[C@H](C)[C@H]1CC[C@H]2C3=CC=C4C[C@@H](OC(=O)OC)C[C@H](OC(=O)OC)[C@]4(C)C3CC[C@]12C. The first kappa shape index (κ1) is 33.8. The van der Waals surface area contributed by atoms with Crippen molar-refractivity contribution >= 4 is 12.3 Å².